The summed E-state index contributed by atoms with van der Waals surface area (Å²) in [7, 11) is 1.84. The van der Waals surface area contributed by atoms with Crippen molar-refractivity contribution in [3.8, 4) is 0 Å². The average Bonchev–Trinajstić information content (AvgIpc) is 2.82. The van der Waals surface area contributed by atoms with Crippen molar-refractivity contribution in [2.45, 2.75) is 11.4 Å². The van der Waals surface area contributed by atoms with Crippen LogP contribution in [0.3, 0.4) is 0 Å². The monoisotopic (exact) mass is 295 g/mol. The van der Waals surface area contributed by atoms with E-state index in [-0.39, 0.29) is 5.91 Å². The fourth-order valence-electron chi connectivity index (χ4n) is 1.65. The first-order valence-corrected chi connectivity index (χ1v) is 7.30. The maximum atomic E-state index is 12.1. The van der Waals surface area contributed by atoms with E-state index in [1.807, 2.05) is 25.4 Å². The SMILES string of the molecule is CSc1ccc(Cl)c(C(=O)NCc2ccnn2C)c1. The van der Waals surface area contributed by atoms with E-state index >= 15 is 0 Å². The quantitative estimate of drug-likeness (QED) is 0.882. The van der Waals surface area contributed by atoms with E-state index in [2.05, 4.69) is 10.4 Å². The molecule has 1 amide bonds. The number of carbonyl (C=O) groups excluding carboxylic acids is 1. The van der Waals surface area contributed by atoms with Crippen molar-refractivity contribution in [3.05, 3.63) is 46.7 Å². The second-order valence-electron chi connectivity index (χ2n) is 3.97. The van der Waals surface area contributed by atoms with Crippen LogP contribution in [0.2, 0.25) is 5.02 Å². The van der Waals surface area contributed by atoms with Gasteiger partial charge in [-0.1, -0.05) is 11.6 Å². The zero-order valence-electron chi connectivity index (χ0n) is 10.7. The van der Waals surface area contributed by atoms with Gasteiger partial charge in [0.2, 0.25) is 0 Å². The van der Waals surface area contributed by atoms with Crippen molar-refractivity contribution >= 4 is 29.3 Å². The number of carbonyl (C=O) groups is 1. The molecule has 19 heavy (non-hydrogen) atoms. The largest absolute Gasteiger partial charge is 0.346 e. The lowest BCUT2D eigenvalue weighted by Crippen LogP contribution is -2.24. The Bertz CT molecular complexity index is 597. The summed E-state index contributed by atoms with van der Waals surface area (Å²) in [4.78, 5) is 13.1. The molecule has 0 saturated heterocycles. The van der Waals surface area contributed by atoms with Gasteiger partial charge in [0.1, 0.15) is 0 Å². The van der Waals surface area contributed by atoms with E-state index < -0.39 is 0 Å². The molecule has 2 rings (SSSR count). The molecule has 0 spiro atoms. The minimum absolute atomic E-state index is 0.179. The summed E-state index contributed by atoms with van der Waals surface area (Å²) in [6.45, 7) is 0.426. The molecule has 6 heteroatoms. The predicted molar refractivity (Wildman–Crippen MR) is 77.6 cm³/mol. The lowest BCUT2D eigenvalue weighted by molar-refractivity contribution is 0.0950. The number of aromatic nitrogens is 2. The van der Waals surface area contributed by atoms with E-state index in [4.69, 9.17) is 11.6 Å². The topological polar surface area (TPSA) is 46.9 Å². The Morgan fingerprint density at radius 3 is 2.89 bits per heavy atom. The molecule has 0 aliphatic rings. The third-order valence-electron chi connectivity index (χ3n) is 2.77. The van der Waals surface area contributed by atoms with Gasteiger partial charge in [-0.2, -0.15) is 5.10 Å². The lowest BCUT2D eigenvalue weighted by atomic mass is 10.2. The van der Waals surface area contributed by atoms with Gasteiger partial charge in [0.25, 0.3) is 5.91 Å². The number of halogens is 1. The molecule has 0 fully saturated rings. The van der Waals surface area contributed by atoms with Crippen LogP contribution in [-0.4, -0.2) is 21.9 Å². The smallest absolute Gasteiger partial charge is 0.253 e. The van der Waals surface area contributed by atoms with Crippen molar-refractivity contribution in [2.75, 3.05) is 6.26 Å². The lowest BCUT2D eigenvalue weighted by Gasteiger charge is -2.08. The zero-order chi connectivity index (χ0) is 13.8. The second kappa shape index (κ2) is 6.12. The molecular weight excluding hydrogens is 282 g/mol. The number of nitrogens with zero attached hydrogens (tertiary/aromatic N) is 2. The Morgan fingerprint density at radius 1 is 1.47 bits per heavy atom. The van der Waals surface area contributed by atoms with Crippen molar-refractivity contribution in [3.63, 3.8) is 0 Å². The minimum atomic E-state index is -0.179. The summed E-state index contributed by atoms with van der Waals surface area (Å²) in [5.41, 5.74) is 1.43. The summed E-state index contributed by atoms with van der Waals surface area (Å²) < 4.78 is 1.72. The van der Waals surface area contributed by atoms with Gasteiger partial charge >= 0.3 is 0 Å². The first-order chi connectivity index (χ1) is 9.11. The van der Waals surface area contributed by atoms with Crippen LogP contribution in [0.1, 0.15) is 16.1 Å². The van der Waals surface area contributed by atoms with Gasteiger partial charge < -0.3 is 5.32 Å². The van der Waals surface area contributed by atoms with Crippen LogP contribution in [0.15, 0.2) is 35.4 Å². The molecule has 0 aliphatic heterocycles. The van der Waals surface area contributed by atoms with Gasteiger partial charge in [-0.15, -0.1) is 11.8 Å². The maximum absolute atomic E-state index is 12.1. The van der Waals surface area contributed by atoms with Gasteiger partial charge in [0.05, 0.1) is 22.8 Å². The fraction of sp³-hybridized carbons (Fsp3) is 0.231. The molecule has 1 heterocycles. The van der Waals surface area contributed by atoms with Crippen LogP contribution in [-0.2, 0) is 13.6 Å². The van der Waals surface area contributed by atoms with Crippen molar-refractivity contribution in [2.24, 2.45) is 7.05 Å². The molecule has 100 valence electrons. The summed E-state index contributed by atoms with van der Waals surface area (Å²) in [6, 6.07) is 7.29. The third kappa shape index (κ3) is 3.30. The number of aryl methyl sites for hydroxylation is 1. The molecule has 0 saturated carbocycles. The van der Waals surface area contributed by atoms with Crippen molar-refractivity contribution < 1.29 is 4.79 Å². The van der Waals surface area contributed by atoms with E-state index in [1.54, 1.807) is 34.8 Å². The molecule has 0 bridgehead atoms. The Morgan fingerprint density at radius 2 is 2.26 bits per heavy atom. The molecule has 0 radical (unpaired) electrons. The number of hydrogen-bond donors (Lipinski definition) is 1. The highest BCUT2D eigenvalue weighted by molar-refractivity contribution is 7.98. The van der Waals surface area contributed by atoms with E-state index in [0.29, 0.717) is 17.1 Å². The van der Waals surface area contributed by atoms with Gasteiger partial charge in [-0.3, -0.25) is 9.48 Å². The van der Waals surface area contributed by atoms with Crippen LogP contribution in [0.5, 0.6) is 0 Å². The first-order valence-electron chi connectivity index (χ1n) is 5.70. The van der Waals surface area contributed by atoms with Gasteiger partial charge in [-0.25, -0.2) is 0 Å². The number of benzene rings is 1. The fourth-order valence-corrected chi connectivity index (χ4v) is 2.29. The number of rotatable bonds is 4. The highest BCUT2D eigenvalue weighted by Gasteiger charge is 2.11. The molecular formula is C13H14ClN3OS. The number of nitrogens with one attached hydrogen (secondary N) is 1. The highest BCUT2D eigenvalue weighted by Crippen LogP contribution is 2.22. The summed E-state index contributed by atoms with van der Waals surface area (Å²) >= 11 is 7.63. The standard InChI is InChI=1S/C13H14ClN3OS/c1-17-9(5-6-16-17)8-15-13(18)11-7-10(19-2)3-4-12(11)14/h3-7H,8H2,1-2H3,(H,15,18). The van der Waals surface area contributed by atoms with Crippen LogP contribution >= 0.6 is 23.4 Å². The molecule has 0 unspecified atom stereocenters. The Labute approximate surface area is 121 Å². The van der Waals surface area contributed by atoms with E-state index in [1.165, 1.54) is 0 Å². The molecule has 1 aromatic carbocycles. The molecule has 0 aliphatic carbocycles. The zero-order valence-corrected chi connectivity index (χ0v) is 12.3. The molecule has 2 aromatic rings. The predicted octanol–water partition coefficient (Wildman–Crippen LogP) is 2.73. The Hall–Kier alpha value is -1.46. The van der Waals surface area contributed by atoms with Crippen LogP contribution in [0.4, 0.5) is 0 Å². The molecule has 4 nitrogen and oxygen atoms in total. The highest BCUT2D eigenvalue weighted by atomic mass is 35.5. The van der Waals surface area contributed by atoms with Crippen LogP contribution in [0.25, 0.3) is 0 Å². The van der Waals surface area contributed by atoms with E-state index in [9.17, 15) is 4.79 Å². The average molecular weight is 296 g/mol. The normalized spacial score (nSPS) is 10.5. The maximum Gasteiger partial charge on any atom is 0.253 e. The second-order valence-corrected chi connectivity index (χ2v) is 5.26. The molecule has 1 N–H and O–H groups in total. The Kier molecular flexibility index (Phi) is 4.50. The summed E-state index contributed by atoms with van der Waals surface area (Å²) in [5.74, 6) is -0.179. The van der Waals surface area contributed by atoms with Crippen molar-refractivity contribution in [1.29, 1.82) is 0 Å². The van der Waals surface area contributed by atoms with Crippen LogP contribution in [0, 0.1) is 0 Å². The van der Waals surface area contributed by atoms with Crippen molar-refractivity contribution in [1.82, 2.24) is 15.1 Å². The number of hydrogen-bond acceptors (Lipinski definition) is 3. The molecule has 0 atom stereocenters. The van der Waals surface area contributed by atoms with Crippen LogP contribution < -0.4 is 5.32 Å². The van der Waals surface area contributed by atoms with Gasteiger partial charge in [-0.05, 0) is 30.5 Å². The van der Waals surface area contributed by atoms with E-state index in [0.717, 1.165) is 10.6 Å². The summed E-state index contributed by atoms with van der Waals surface area (Å²) in [5, 5.41) is 7.35. The number of amides is 1. The third-order valence-corrected chi connectivity index (χ3v) is 3.83. The number of thioether (sulfide) groups is 1. The minimum Gasteiger partial charge on any atom is -0.346 e. The Balaban J connectivity index is 2.10. The molecule has 1 aromatic heterocycles. The van der Waals surface area contributed by atoms with Gasteiger partial charge in [0.15, 0.2) is 0 Å². The van der Waals surface area contributed by atoms with Gasteiger partial charge in [0, 0.05) is 18.1 Å². The summed E-state index contributed by atoms with van der Waals surface area (Å²) in [6.07, 6.45) is 3.66. The first kappa shape index (κ1) is 14.0.